The molecular formula is C18H30N2O2S. The van der Waals surface area contributed by atoms with Crippen molar-refractivity contribution in [3.05, 3.63) is 28.8 Å². The highest BCUT2D eigenvalue weighted by Crippen LogP contribution is 2.29. The van der Waals surface area contributed by atoms with E-state index in [1.807, 2.05) is 13.1 Å². The Balaban J connectivity index is 2.48. The number of piperazine rings is 1. The number of benzene rings is 1. The predicted octanol–water partition coefficient (Wildman–Crippen LogP) is 3.01. The third kappa shape index (κ3) is 3.95. The lowest BCUT2D eigenvalue weighted by Gasteiger charge is -2.32. The van der Waals surface area contributed by atoms with Crippen molar-refractivity contribution < 1.29 is 8.42 Å². The smallest absolute Gasteiger partial charge is 0.243 e. The summed E-state index contributed by atoms with van der Waals surface area (Å²) in [4.78, 5) is 2.70. The molecular weight excluding hydrogens is 308 g/mol. The summed E-state index contributed by atoms with van der Waals surface area (Å²) in [6.07, 6.45) is 1.76. The molecule has 0 N–H and O–H groups in total. The Morgan fingerprint density at radius 1 is 1.13 bits per heavy atom. The molecule has 1 heterocycles. The average molecular weight is 339 g/mol. The maximum Gasteiger partial charge on any atom is 0.243 e. The molecule has 0 atom stereocenters. The van der Waals surface area contributed by atoms with E-state index in [4.69, 9.17) is 0 Å². The first kappa shape index (κ1) is 18.4. The third-order valence-electron chi connectivity index (χ3n) is 4.67. The molecule has 0 amide bonds. The zero-order valence-corrected chi connectivity index (χ0v) is 15.9. The summed E-state index contributed by atoms with van der Waals surface area (Å²) in [5.41, 5.74) is 3.30. The first-order valence-electron chi connectivity index (χ1n) is 8.59. The standard InChI is InChI=1S/C18H30N2O2S/c1-6-7-16-12-15(4)17(14(2)3)13-18(16)23(21,22)20-10-8-19(5)9-11-20/h12-14H,6-11H2,1-5H3. The van der Waals surface area contributed by atoms with E-state index in [9.17, 15) is 8.42 Å². The number of aryl methyl sites for hydroxylation is 2. The van der Waals surface area contributed by atoms with E-state index in [1.165, 1.54) is 5.56 Å². The van der Waals surface area contributed by atoms with Gasteiger partial charge in [0.15, 0.2) is 0 Å². The van der Waals surface area contributed by atoms with Crippen molar-refractivity contribution in [2.45, 2.75) is 51.3 Å². The highest BCUT2D eigenvalue weighted by Gasteiger charge is 2.30. The number of rotatable bonds is 5. The van der Waals surface area contributed by atoms with Crippen LogP contribution < -0.4 is 0 Å². The van der Waals surface area contributed by atoms with Crippen LogP contribution in [0, 0.1) is 6.92 Å². The van der Waals surface area contributed by atoms with E-state index >= 15 is 0 Å². The van der Waals surface area contributed by atoms with Crippen LogP contribution in [0.2, 0.25) is 0 Å². The molecule has 2 rings (SSSR count). The highest BCUT2D eigenvalue weighted by molar-refractivity contribution is 7.89. The molecule has 1 aromatic rings. The van der Waals surface area contributed by atoms with Crippen LogP contribution >= 0.6 is 0 Å². The fourth-order valence-corrected chi connectivity index (χ4v) is 4.95. The van der Waals surface area contributed by atoms with E-state index in [0.717, 1.165) is 37.1 Å². The van der Waals surface area contributed by atoms with Crippen LogP contribution in [0.1, 0.15) is 49.8 Å². The zero-order chi connectivity index (χ0) is 17.2. The van der Waals surface area contributed by atoms with Crippen molar-refractivity contribution in [1.82, 2.24) is 9.21 Å². The fraction of sp³-hybridized carbons (Fsp3) is 0.667. The molecule has 1 aliphatic rings. The van der Waals surface area contributed by atoms with Gasteiger partial charge in [0.1, 0.15) is 0 Å². The van der Waals surface area contributed by atoms with Gasteiger partial charge in [-0.25, -0.2) is 8.42 Å². The highest BCUT2D eigenvalue weighted by atomic mass is 32.2. The second-order valence-corrected chi connectivity index (χ2v) is 8.83. The minimum atomic E-state index is -3.40. The number of hydrogen-bond donors (Lipinski definition) is 0. The lowest BCUT2D eigenvalue weighted by atomic mass is 9.95. The van der Waals surface area contributed by atoms with E-state index in [1.54, 1.807) is 4.31 Å². The lowest BCUT2D eigenvalue weighted by Crippen LogP contribution is -2.47. The molecule has 0 spiro atoms. The summed E-state index contributed by atoms with van der Waals surface area (Å²) in [5, 5.41) is 0. The number of likely N-dealkylation sites (N-methyl/N-ethyl adjacent to an activating group) is 1. The van der Waals surface area contributed by atoms with Crippen LogP contribution in [0.25, 0.3) is 0 Å². The van der Waals surface area contributed by atoms with Gasteiger partial charge in [0.25, 0.3) is 0 Å². The lowest BCUT2D eigenvalue weighted by molar-refractivity contribution is 0.222. The van der Waals surface area contributed by atoms with Gasteiger partial charge in [0.05, 0.1) is 4.90 Å². The summed E-state index contributed by atoms with van der Waals surface area (Å²) in [5.74, 6) is 0.326. The van der Waals surface area contributed by atoms with E-state index in [0.29, 0.717) is 23.9 Å². The minimum Gasteiger partial charge on any atom is -0.304 e. The van der Waals surface area contributed by atoms with Crippen LogP contribution in [0.3, 0.4) is 0 Å². The normalized spacial score (nSPS) is 17.8. The summed E-state index contributed by atoms with van der Waals surface area (Å²) in [6, 6.07) is 4.01. The molecule has 5 heteroatoms. The molecule has 130 valence electrons. The molecule has 0 bridgehead atoms. The summed E-state index contributed by atoms with van der Waals surface area (Å²) < 4.78 is 28.0. The Morgan fingerprint density at radius 2 is 1.74 bits per heavy atom. The van der Waals surface area contributed by atoms with Gasteiger partial charge in [-0.05, 0) is 49.1 Å². The Bertz CT molecular complexity index is 645. The van der Waals surface area contributed by atoms with Crippen molar-refractivity contribution in [2.75, 3.05) is 33.2 Å². The monoisotopic (exact) mass is 338 g/mol. The van der Waals surface area contributed by atoms with E-state index < -0.39 is 10.0 Å². The van der Waals surface area contributed by atoms with Gasteiger partial charge < -0.3 is 4.90 Å². The Hall–Kier alpha value is -0.910. The second kappa shape index (κ2) is 7.32. The molecule has 1 aromatic carbocycles. The summed E-state index contributed by atoms with van der Waals surface area (Å²) >= 11 is 0. The molecule has 1 aliphatic heterocycles. The van der Waals surface area contributed by atoms with Gasteiger partial charge in [-0.3, -0.25) is 0 Å². The van der Waals surface area contributed by atoms with Crippen LogP contribution in [-0.4, -0.2) is 50.8 Å². The first-order valence-corrected chi connectivity index (χ1v) is 10.0. The minimum absolute atomic E-state index is 0.326. The van der Waals surface area contributed by atoms with Crippen molar-refractivity contribution in [3.63, 3.8) is 0 Å². The molecule has 0 saturated carbocycles. The maximum absolute atomic E-state index is 13.2. The number of nitrogens with zero attached hydrogens (tertiary/aromatic N) is 2. The van der Waals surface area contributed by atoms with Crippen molar-refractivity contribution >= 4 is 10.0 Å². The number of hydrogen-bond acceptors (Lipinski definition) is 3. The molecule has 0 aromatic heterocycles. The summed E-state index contributed by atoms with van der Waals surface area (Å²) in [6.45, 7) is 11.2. The molecule has 1 fully saturated rings. The van der Waals surface area contributed by atoms with Gasteiger partial charge >= 0.3 is 0 Å². The Labute approximate surface area is 141 Å². The predicted molar refractivity (Wildman–Crippen MR) is 95.5 cm³/mol. The van der Waals surface area contributed by atoms with Crippen molar-refractivity contribution in [2.24, 2.45) is 0 Å². The van der Waals surface area contributed by atoms with Crippen LogP contribution in [0.5, 0.6) is 0 Å². The average Bonchev–Trinajstić information content (AvgIpc) is 2.47. The zero-order valence-electron chi connectivity index (χ0n) is 15.1. The van der Waals surface area contributed by atoms with Gasteiger partial charge in [-0.2, -0.15) is 4.31 Å². The molecule has 0 radical (unpaired) electrons. The van der Waals surface area contributed by atoms with Crippen LogP contribution in [0.15, 0.2) is 17.0 Å². The molecule has 4 nitrogen and oxygen atoms in total. The molecule has 0 aliphatic carbocycles. The number of sulfonamides is 1. The SMILES string of the molecule is CCCc1cc(C)c(C(C)C)cc1S(=O)(=O)N1CCN(C)CC1. The van der Waals surface area contributed by atoms with Gasteiger partial charge in [0, 0.05) is 26.2 Å². The maximum atomic E-state index is 13.2. The largest absolute Gasteiger partial charge is 0.304 e. The van der Waals surface area contributed by atoms with E-state index in [-0.39, 0.29) is 0 Å². The quantitative estimate of drug-likeness (QED) is 0.829. The Kier molecular flexibility index (Phi) is 5.87. The molecule has 23 heavy (non-hydrogen) atoms. The molecule has 1 saturated heterocycles. The van der Waals surface area contributed by atoms with Gasteiger partial charge in [0.2, 0.25) is 10.0 Å². The van der Waals surface area contributed by atoms with Gasteiger partial charge in [-0.15, -0.1) is 0 Å². The topological polar surface area (TPSA) is 40.6 Å². The fourth-order valence-electron chi connectivity index (χ4n) is 3.26. The summed E-state index contributed by atoms with van der Waals surface area (Å²) in [7, 11) is -1.37. The van der Waals surface area contributed by atoms with Crippen molar-refractivity contribution in [1.29, 1.82) is 0 Å². The van der Waals surface area contributed by atoms with Crippen molar-refractivity contribution in [3.8, 4) is 0 Å². The van der Waals surface area contributed by atoms with Gasteiger partial charge in [-0.1, -0.05) is 33.3 Å². The van der Waals surface area contributed by atoms with Crippen LogP contribution in [0.4, 0.5) is 0 Å². The second-order valence-electron chi connectivity index (χ2n) is 6.93. The first-order chi connectivity index (χ1) is 10.8. The third-order valence-corrected chi connectivity index (χ3v) is 6.65. The molecule has 0 unspecified atom stereocenters. The Morgan fingerprint density at radius 3 is 2.26 bits per heavy atom. The van der Waals surface area contributed by atoms with E-state index in [2.05, 4.69) is 38.7 Å². The van der Waals surface area contributed by atoms with Crippen LogP contribution in [-0.2, 0) is 16.4 Å².